The molecule has 0 spiro atoms. The predicted molar refractivity (Wildman–Crippen MR) is 82.0 cm³/mol. The van der Waals surface area contributed by atoms with Gasteiger partial charge in [-0.3, -0.25) is 0 Å². The molecule has 0 saturated carbocycles. The first-order valence-corrected chi connectivity index (χ1v) is 6.73. The fraction of sp³-hybridized carbons (Fsp3) is 0. The second-order valence-corrected chi connectivity index (χ2v) is 5.13. The van der Waals surface area contributed by atoms with Gasteiger partial charge in [0, 0.05) is 10.6 Å². The van der Waals surface area contributed by atoms with E-state index >= 15 is 0 Å². The van der Waals surface area contributed by atoms with E-state index < -0.39 is 0 Å². The van der Waals surface area contributed by atoms with Crippen molar-refractivity contribution < 1.29 is 4.42 Å². The maximum Gasteiger partial charge on any atom is 0.227 e. The molecule has 0 radical (unpaired) electrons. The molecular formula is C17H10ClNO. The molecule has 4 aromatic rings. The SMILES string of the molecule is Clc1ccc(-c2nc3cc4ccccc4cc3o2)cc1. The van der Waals surface area contributed by atoms with Gasteiger partial charge in [0.05, 0.1) is 0 Å². The normalized spacial score (nSPS) is 11.2. The predicted octanol–water partition coefficient (Wildman–Crippen LogP) is 5.30. The average molecular weight is 280 g/mol. The van der Waals surface area contributed by atoms with Gasteiger partial charge < -0.3 is 4.42 Å². The van der Waals surface area contributed by atoms with Crippen LogP contribution in [0.4, 0.5) is 0 Å². The van der Waals surface area contributed by atoms with Crippen LogP contribution in [0.3, 0.4) is 0 Å². The molecule has 3 heteroatoms. The van der Waals surface area contributed by atoms with Crippen molar-refractivity contribution in [3.05, 3.63) is 65.7 Å². The Balaban J connectivity index is 1.93. The number of benzene rings is 3. The lowest BCUT2D eigenvalue weighted by molar-refractivity contribution is 0.620. The molecule has 0 bridgehead atoms. The minimum Gasteiger partial charge on any atom is -0.436 e. The maximum absolute atomic E-state index is 5.90. The molecule has 0 N–H and O–H groups in total. The molecular weight excluding hydrogens is 270 g/mol. The Morgan fingerprint density at radius 3 is 2.30 bits per heavy atom. The largest absolute Gasteiger partial charge is 0.436 e. The summed E-state index contributed by atoms with van der Waals surface area (Å²) in [6.45, 7) is 0. The molecule has 0 atom stereocenters. The molecule has 96 valence electrons. The Morgan fingerprint density at radius 2 is 1.55 bits per heavy atom. The number of hydrogen-bond donors (Lipinski definition) is 0. The van der Waals surface area contributed by atoms with Gasteiger partial charge in [-0.05, 0) is 47.2 Å². The monoisotopic (exact) mass is 279 g/mol. The molecule has 20 heavy (non-hydrogen) atoms. The third-order valence-electron chi connectivity index (χ3n) is 3.35. The lowest BCUT2D eigenvalue weighted by atomic mass is 10.1. The highest BCUT2D eigenvalue weighted by Crippen LogP contribution is 2.28. The van der Waals surface area contributed by atoms with Gasteiger partial charge in [0.1, 0.15) is 5.52 Å². The second-order valence-electron chi connectivity index (χ2n) is 4.69. The van der Waals surface area contributed by atoms with E-state index in [4.69, 9.17) is 16.0 Å². The zero-order valence-corrected chi connectivity index (χ0v) is 11.3. The number of oxazole rings is 1. The smallest absolute Gasteiger partial charge is 0.227 e. The number of halogens is 1. The highest BCUT2D eigenvalue weighted by Gasteiger charge is 2.09. The summed E-state index contributed by atoms with van der Waals surface area (Å²) in [7, 11) is 0. The number of aromatic nitrogens is 1. The second kappa shape index (κ2) is 4.36. The van der Waals surface area contributed by atoms with Gasteiger partial charge in [-0.1, -0.05) is 35.9 Å². The van der Waals surface area contributed by atoms with Crippen LogP contribution >= 0.6 is 11.6 Å². The van der Waals surface area contributed by atoms with Gasteiger partial charge in [0.15, 0.2) is 5.58 Å². The van der Waals surface area contributed by atoms with Gasteiger partial charge >= 0.3 is 0 Å². The molecule has 3 aromatic carbocycles. The van der Waals surface area contributed by atoms with Crippen molar-refractivity contribution in [3.8, 4) is 11.5 Å². The first kappa shape index (κ1) is 11.5. The van der Waals surface area contributed by atoms with Gasteiger partial charge in [-0.2, -0.15) is 0 Å². The van der Waals surface area contributed by atoms with Crippen LogP contribution in [0.25, 0.3) is 33.3 Å². The lowest BCUT2D eigenvalue weighted by Gasteiger charge is -1.95. The number of rotatable bonds is 1. The Morgan fingerprint density at radius 1 is 0.850 bits per heavy atom. The van der Waals surface area contributed by atoms with Crippen LogP contribution in [0, 0.1) is 0 Å². The summed E-state index contributed by atoms with van der Waals surface area (Å²) in [6, 6.07) is 19.7. The third-order valence-corrected chi connectivity index (χ3v) is 3.60. The summed E-state index contributed by atoms with van der Waals surface area (Å²) in [5.74, 6) is 0.618. The molecule has 2 nitrogen and oxygen atoms in total. The van der Waals surface area contributed by atoms with Gasteiger partial charge in [0.25, 0.3) is 0 Å². The van der Waals surface area contributed by atoms with E-state index in [1.165, 1.54) is 0 Å². The molecule has 0 aliphatic carbocycles. The summed E-state index contributed by atoms with van der Waals surface area (Å²) >= 11 is 5.90. The van der Waals surface area contributed by atoms with E-state index in [9.17, 15) is 0 Å². The molecule has 0 aliphatic rings. The van der Waals surface area contributed by atoms with Crippen molar-refractivity contribution in [2.24, 2.45) is 0 Å². The molecule has 1 heterocycles. The summed E-state index contributed by atoms with van der Waals surface area (Å²) in [5, 5.41) is 3.02. The molecule has 0 unspecified atom stereocenters. The summed E-state index contributed by atoms with van der Waals surface area (Å²) in [6.07, 6.45) is 0. The standard InChI is InChI=1S/C17H10ClNO/c18-14-7-5-11(6-8-14)17-19-15-9-12-3-1-2-4-13(12)10-16(15)20-17/h1-10H. The fourth-order valence-electron chi connectivity index (χ4n) is 2.33. The fourth-order valence-corrected chi connectivity index (χ4v) is 2.45. The van der Waals surface area contributed by atoms with Crippen molar-refractivity contribution >= 4 is 33.5 Å². The minimum absolute atomic E-state index is 0.618. The van der Waals surface area contributed by atoms with Crippen molar-refractivity contribution in [1.82, 2.24) is 4.98 Å². The van der Waals surface area contributed by atoms with Crippen LogP contribution in [0.5, 0.6) is 0 Å². The average Bonchev–Trinajstić information content (AvgIpc) is 2.88. The highest BCUT2D eigenvalue weighted by atomic mass is 35.5. The van der Waals surface area contributed by atoms with E-state index in [1.807, 2.05) is 48.5 Å². The van der Waals surface area contributed by atoms with Gasteiger partial charge in [-0.15, -0.1) is 0 Å². The third kappa shape index (κ3) is 1.86. The summed E-state index contributed by atoms with van der Waals surface area (Å²) < 4.78 is 5.85. The van der Waals surface area contributed by atoms with Crippen molar-refractivity contribution in [2.75, 3.05) is 0 Å². The van der Waals surface area contributed by atoms with Crippen LogP contribution < -0.4 is 0 Å². The van der Waals surface area contributed by atoms with Crippen LogP contribution in [-0.4, -0.2) is 4.98 Å². The highest BCUT2D eigenvalue weighted by molar-refractivity contribution is 6.30. The minimum atomic E-state index is 0.618. The van der Waals surface area contributed by atoms with Crippen LogP contribution in [0.15, 0.2) is 65.1 Å². The molecule has 0 amide bonds. The summed E-state index contributed by atoms with van der Waals surface area (Å²) in [5.41, 5.74) is 2.59. The van der Waals surface area contributed by atoms with E-state index in [1.54, 1.807) is 0 Å². The van der Waals surface area contributed by atoms with Crippen molar-refractivity contribution in [1.29, 1.82) is 0 Å². The van der Waals surface area contributed by atoms with E-state index in [0.717, 1.165) is 27.4 Å². The number of fused-ring (bicyclic) bond motifs is 2. The summed E-state index contributed by atoms with van der Waals surface area (Å²) in [4.78, 5) is 4.55. The Hall–Kier alpha value is -2.32. The molecule has 1 aromatic heterocycles. The quantitative estimate of drug-likeness (QED) is 0.472. The first-order valence-electron chi connectivity index (χ1n) is 6.35. The molecule has 0 fully saturated rings. The number of nitrogens with zero attached hydrogens (tertiary/aromatic N) is 1. The zero-order chi connectivity index (χ0) is 13.5. The topological polar surface area (TPSA) is 26.0 Å². The van der Waals surface area contributed by atoms with E-state index in [-0.39, 0.29) is 0 Å². The lowest BCUT2D eigenvalue weighted by Crippen LogP contribution is -1.76. The molecule has 0 saturated heterocycles. The maximum atomic E-state index is 5.90. The zero-order valence-electron chi connectivity index (χ0n) is 10.5. The van der Waals surface area contributed by atoms with Crippen molar-refractivity contribution in [2.45, 2.75) is 0 Å². The Kier molecular flexibility index (Phi) is 2.51. The van der Waals surface area contributed by atoms with Crippen molar-refractivity contribution in [3.63, 3.8) is 0 Å². The number of hydrogen-bond acceptors (Lipinski definition) is 2. The van der Waals surface area contributed by atoms with Crippen LogP contribution in [0.1, 0.15) is 0 Å². The first-order chi connectivity index (χ1) is 9.79. The molecule has 4 rings (SSSR count). The van der Waals surface area contributed by atoms with Gasteiger partial charge in [-0.25, -0.2) is 4.98 Å². The van der Waals surface area contributed by atoms with E-state index in [0.29, 0.717) is 10.9 Å². The Bertz CT molecular complexity index is 857. The van der Waals surface area contributed by atoms with Crippen LogP contribution in [0.2, 0.25) is 5.02 Å². The Labute approximate surface area is 120 Å². The van der Waals surface area contributed by atoms with Gasteiger partial charge in [0.2, 0.25) is 5.89 Å². The van der Waals surface area contributed by atoms with Crippen LogP contribution in [-0.2, 0) is 0 Å². The molecule has 0 aliphatic heterocycles. The van der Waals surface area contributed by atoms with E-state index in [2.05, 4.69) is 17.1 Å².